The first-order valence-corrected chi connectivity index (χ1v) is 5.10. The summed E-state index contributed by atoms with van der Waals surface area (Å²) in [6, 6.07) is -0.698. The minimum absolute atomic E-state index is 0.325. The van der Waals surface area contributed by atoms with E-state index >= 15 is 0 Å². The van der Waals surface area contributed by atoms with E-state index in [2.05, 4.69) is 5.32 Å². The van der Waals surface area contributed by atoms with E-state index in [-0.39, 0.29) is 0 Å². The molecule has 98 valence electrons. The molecule has 1 saturated heterocycles. The van der Waals surface area contributed by atoms with Crippen LogP contribution < -0.4 is 5.32 Å². The van der Waals surface area contributed by atoms with E-state index in [4.69, 9.17) is 5.11 Å². The van der Waals surface area contributed by atoms with Gasteiger partial charge in [-0.05, 0) is 19.4 Å². The maximum absolute atomic E-state index is 12.2. The average molecular weight is 254 g/mol. The Morgan fingerprint density at radius 2 is 2.06 bits per heavy atom. The molecule has 0 bridgehead atoms. The van der Waals surface area contributed by atoms with Crippen LogP contribution in [-0.4, -0.2) is 53.7 Å². The van der Waals surface area contributed by atoms with Gasteiger partial charge < -0.3 is 15.3 Å². The van der Waals surface area contributed by atoms with Gasteiger partial charge in [0.05, 0.1) is 6.04 Å². The number of nitrogens with one attached hydrogen (secondary N) is 1. The highest BCUT2D eigenvalue weighted by molar-refractivity contribution is 5.85. The van der Waals surface area contributed by atoms with Gasteiger partial charge in [-0.25, -0.2) is 0 Å². The Bertz CT molecular complexity index is 300. The second-order valence-corrected chi connectivity index (χ2v) is 3.85. The average Bonchev–Trinajstić information content (AvgIpc) is 2.65. The van der Waals surface area contributed by atoms with Gasteiger partial charge in [-0.1, -0.05) is 0 Å². The first-order chi connectivity index (χ1) is 7.79. The number of carboxylic acids is 1. The Morgan fingerprint density at radius 3 is 2.47 bits per heavy atom. The molecule has 1 unspecified atom stereocenters. The molecule has 0 radical (unpaired) electrons. The summed E-state index contributed by atoms with van der Waals surface area (Å²) in [5.74, 6) is -2.26. The highest BCUT2D eigenvalue weighted by atomic mass is 19.4. The SMILES string of the molecule is O=C(O)CN(CC(F)(F)F)C(=O)C1CCCN1. The van der Waals surface area contributed by atoms with Crippen molar-refractivity contribution in [3.63, 3.8) is 0 Å². The molecule has 1 rings (SSSR count). The topological polar surface area (TPSA) is 69.6 Å². The van der Waals surface area contributed by atoms with Crippen molar-refractivity contribution in [1.82, 2.24) is 10.2 Å². The van der Waals surface area contributed by atoms with E-state index < -0.39 is 37.2 Å². The molecule has 0 spiro atoms. The monoisotopic (exact) mass is 254 g/mol. The molecule has 0 saturated carbocycles. The third-order valence-electron chi connectivity index (χ3n) is 2.37. The maximum Gasteiger partial charge on any atom is 0.406 e. The highest BCUT2D eigenvalue weighted by Gasteiger charge is 2.36. The molecule has 0 aromatic carbocycles. The fourth-order valence-corrected chi connectivity index (χ4v) is 1.71. The van der Waals surface area contributed by atoms with Gasteiger partial charge in [0.15, 0.2) is 0 Å². The van der Waals surface area contributed by atoms with E-state index in [1.165, 1.54) is 0 Å². The van der Waals surface area contributed by atoms with Crippen LogP contribution >= 0.6 is 0 Å². The maximum atomic E-state index is 12.2. The van der Waals surface area contributed by atoms with Crippen molar-refractivity contribution >= 4 is 11.9 Å². The number of hydrogen-bond donors (Lipinski definition) is 2. The molecule has 2 N–H and O–H groups in total. The van der Waals surface area contributed by atoms with Crippen LogP contribution in [0.5, 0.6) is 0 Å². The zero-order valence-electron chi connectivity index (χ0n) is 8.96. The van der Waals surface area contributed by atoms with E-state index in [0.717, 1.165) is 0 Å². The van der Waals surface area contributed by atoms with Crippen molar-refractivity contribution in [2.45, 2.75) is 25.1 Å². The molecule has 5 nitrogen and oxygen atoms in total. The molecule has 1 atom stereocenters. The fourth-order valence-electron chi connectivity index (χ4n) is 1.71. The van der Waals surface area contributed by atoms with E-state index in [0.29, 0.717) is 24.3 Å². The molecule has 1 aliphatic heterocycles. The highest BCUT2D eigenvalue weighted by Crippen LogP contribution is 2.18. The minimum Gasteiger partial charge on any atom is -0.480 e. The first kappa shape index (κ1) is 13.8. The molecule has 1 heterocycles. The van der Waals surface area contributed by atoms with Gasteiger partial charge in [-0.3, -0.25) is 9.59 Å². The van der Waals surface area contributed by atoms with Crippen molar-refractivity contribution in [3.05, 3.63) is 0 Å². The van der Waals surface area contributed by atoms with Crippen molar-refractivity contribution in [2.75, 3.05) is 19.6 Å². The molecular weight excluding hydrogens is 241 g/mol. The lowest BCUT2D eigenvalue weighted by atomic mass is 10.2. The Kier molecular flexibility index (Phi) is 4.33. The molecule has 1 amide bonds. The predicted molar refractivity (Wildman–Crippen MR) is 51.3 cm³/mol. The molecular formula is C9H13F3N2O3. The Hall–Kier alpha value is -1.31. The summed E-state index contributed by atoms with van der Waals surface area (Å²) in [5.41, 5.74) is 0. The van der Waals surface area contributed by atoms with E-state index in [1.54, 1.807) is 0 Å². The summed E-state index contributed by atoms with van der Waals surface area (Å²) in [5, 5.41) is 11.2. The third kappa shape index (κ3) is 4.59. The second kappa shape index (κ2) is 5.35. The lowest BCUT2D eigenvalue weighted by molar-refractivity contribution is -0.166. The van der Waals surface area contributed by atoms with Gasteiger partial charge in [0, 0.05) is 0 Å². The molecule has 8 heteroatoms. The number of hydrogen-bond acceptors (Lipinski definition) is 3. The fraction of sp³-hybridized carbons (Fsp3) is 0.778. The van der Waals surface area contributed by atoms with Crippen LogP contribution in [-0.2, 0) is 9.59 Å². The summed E-state index contributed by atoms with van der Waals surface area (Å²) in [7, 11) is 0. The van der Waals surface area contributed by atoms with Gasteiger partial charge in [0.1, 0.15) is 13.1 Å². The van der Waals surface area contributed by atoms with Crippen molar-refractivity contribution < 1.29 is 27.9 Å². The molecule has 0 aliphatic carbocycles. The van der Waals surface area contributed by atoms with Crippen LogP contribution in [0.1, 0.15) is 12.8 Å². The van der Waals surface area contributed by atoms with Crippen molar-refractivity contribution in [2.24, 2.45) is 0 Å². The van der Waals surface area contributed by atoms with E-state index in [1.807, 2.05) is 0 Å². The van der Waals surface area contributed by atoms with Crippen molar-refractivity contribution in [1.29, 1.82) is 0 Å². The van der Waals surface area contributed by atoms with Gasteiger partial charge in [0.25, 0.3) is 0 Å². The Balaban J connectivity index is 2.67. The zero-order chi connectivity index (χ0) is 13.1. The molecule has 0 aromatic heterocycles. The van der Waals surface area contributed by atoms with Crippen LogP contribution in [0.3, 0.4) is 0 Å². The van der Waals surface area contributed by atoms with Crippen LogP contribution in [0.4, 0.5) is 13.2 Å². The quantitative estimate of drug-likeness (QED) is 0.752. The molecule has 17 heavy (non-hydrogen) atoms. The first-order valence-electron chi connectivity index (χ1n) is 5.10. The number of amides is 1. The van der Waals surface area contributed by atoms with Crippen LogP contribution in [0.2, 0.25) is 0 Å². The zero-order valence-corrected chi connectivity index (χ0v) is 8.96. The van der Waals surface area contributed by atoms with Crippen LogP contribution in [0.25, 0.3) is 0 Å². The summed E-state index contributed by atoms with van der Waals surface area (Å²) < 4.78 is 36.6. The number of aliphatic carboxylic acids is 1. The summed E-state index contributed by atoms with van der Waals surface area (Å²) in [6.45, 7) is -1.91. The number of carbonyl (C=O) groups is 2. The van der Waals surface area contributed by atoms with Gasteiger partial charge in [-0.2, -0.15) is 13.2 Å². The summed E-state index contributed by atoms with van der Waals surface area (Å²) >= 11 is 0. The van der Waals surface area contributed by atoms with Crippen LogP contribution in [0, 0.1) is 0 Å². The molecule has 1 aliphatic rings. The molecule has 0 aromatic rings. The number of carbonyl (C=O) groups excluding carboxylic acids is 1. The summed E-state index contributed by atoms with van der Waals surface area (Å²) in [4.78, 5) is 22.4. The predicted octanol–water partition coefficient (Wildman–Crippen LogP) is 0.214. The van der Waals surface area contributed by atoms with Gasteiger partial charge in [-0.15, -0.1) is 0 Å². The summed E-state index contributed by atoms with van der Waals surface area (Å²) in [6.07, 6.45) is -3.46. The van der Waals surface area contributed by atoms with Crippen LogP contribution in [0.15, 0.2) is 0 Å². The van der Waals surface area contributed by atoms with Gasteiger partial charge in [0.2, 0.25) is 5.91 Å². The number of halogens is 3. The van der Waals surface area contributed by atoms with Gasteiger partial charge >= 0.3 is 12.1 Å². The van der Waals surface area contributed by atoms with E-state index in [9.17, 15) is 22.8 Å². The third-order valence-corrected chi connectivity index (χ3v) is 2.37. The number of carboxylic acid groups (broad SMARTS) is 1. The smallest absolute Gasteiger partial charge is 0.406 e. The standard InChI is InChI=1S/C9H13F3N2O3/c10-9(11,12)5-14(4-7(15)16)8(17)6-2-1-3-13-6/h6,13H,1-5H2,(H,15,16). The largest absolute Gasteiger partial charge is 0.480 e. The molecule has 1 fully saturated rings. The van der Waals surface area contributed by atoms with Crippen molar-refractivity contribution in [3.8, 4) is 0 Å². The lowest BCUT2D eigenvalue weighted by Gasteiger charge is -2.24. The Labute approximate surface area is 95.6 Å². The second-order valence-electron chi connectivity index (χ2n) is 3.85. The number of alkyl halides is 3. The minimum atomic E-state index is -4.59. The lowest BCUT2D eigenvalue weighted by Crippen LogP contribution is -2.49. The number of nitrogens with zero attached hydrogens (tertiary/aromatic N) is 1. The number of rotatable bonds is 4. The Morgan fingerprint density at radius 1 is 1.41 bits per heavy atom. The normalized spacial score (nSPS) is 20.3.